The topological polar surface area (TPSA) is 125 Å². The van der Waals surface area contributed by atoms with E-state index in [-0.39, 0.29) is 17.9 Å². The predicted molar refractivity (Wildman–Crippen MR) is 82.3 cm³/mol. The number of nitro groups is 1. The zero-order valence-electron chi connectivity index (χ0n) is 11.8. The summed E-state index contributed by atoms with van der Waals surface area (Å²) in [4.78, 5) is 21.6. The van der Waals surface area contributed by atoms with Gasteiger partial charge in [-0.2, -0.15) is 5.10 Å². The first-order valence-electron chi connectivity index (χ1n) is 6.53. The van der Waals surface area contributed by atoms with Gasteiger partial charge in [-0.3, -0.25) is 14.9 Å². The zero-order chi connectivity index (χ0) is 16.8. The molecule has 23 heavy (non-hydrogen) atoms. The molecule has 8 nitrogen and oxygen atoms in total. The minimum Gasteiger partial charge on any atom is -0.507 e. The Balaban J connectivity index is 2.04. The maximum Gasteiger partial charge on any atom is 0.311 e. The first kappa shape index (κ1) is 16.0. The molecule has 118 valence electrons. The van der Waals surface area contributed by atoms with Gasteiger partial charge in [0.15, 0.2) is 5.75 Å². The van der Waals surface area contributed by atoms with Gasteiger partial charge in [-0.15, -0.1) is 0 Å². The monoisotopic (exact) mass is 315 g/mol. The van der Waals surface area contributed by atoms with Crippen LogP contribution in [0.3, 0.4) is 0 Å². The number of hydrazone groups is 1. The van der Waals surface area contributed by atoms with Crippen molar-refractivity contribution in [1.82, 2.24) is 5.43 Å². The third kappa shape index (κ3) is 4.27. The fourth-order valence-electron chi connectivity index (χ4n) is 1.83. The van der Waals surface area contributed by atoms with Gasteiger partial charge in [0.2, 0.25) is 5.91 Å². The average molecular weight is 315 g/mol. The summed E-state index contributed by atoms with van der Waals surface area (Å²) in [6.07, 6.45) is 1.19. The number of hydrogen-bond donors (Lipinski definition) is 3. The quantitative estimate of drug-likeness (QED) is 0.440. The van der Waals surface area contributed by atoms with Crippen LogP contribution >= 0.6 is 0 Å². The van der Waals surface area contributed by atoms with Crippen molar-refractivity contribution in [3.63, 3.8) is 0 Å². The molecule has 0 aliphatic rings. The van der Waals surface area contributed by atoms with Crippen LogP contribution in [0.25, 0.3) is 0 Å². The van der Waals surface area contributed by atoms with E-state index < -0.39 is 22.1 Å². The van der Waals surface area contributed by atoms with Crippen molar-refractivity contribution in [3.8, 4) is 11.5 Å². The van der Waals surface area contributed by atoms with Crippen LogP contribution in [0.2, 0.25) is 0 Å². The van der Waals surface area contributed by atoms with E-state index in [4.69, 9.17) is 0 Å². The first-order chi connectivity index (χ1) is 11.0. The lowest BCUT2D eigenvalue weighted by molar-refractivity contribution is -0.385. The summed E-state index contributed by atoms with van der Waals surface area (Å²) in [7, 11) is 0. The number of carbonyl (C=O) groups excluding carboxylic acids is 1. The fraction of sp³-hybridized carbons (Fsp3) is 0.0667. The zero-order valence-corrected chi connectivity index (χ0v) is 11.8. The number of nitro benzene ring substituents is 1. The Morgan fingerprint density at radius 3 is 2.57 bits per heavy atom. The van der Waals surface area contributed by atoms with Crippen LogP contribution in [0.1, 0.15) is 11.1 Å². The average Bonchev–Trinajstić information content (AvgIpc) is 2.50. The Bertz CT molecular complexity index is 759. The summed E-state index contributed by atoms with van der Waals surface area (Å²) in [5.74, 6) is -1.42. The van der Waals surface area contributed by atoms with E-state index in [0.717, 1.165) is 23.9 Å². The van der Waals surface area contributed by atoms with Crippen molar-refractivity contribution in [1.29, 1.82) is 0 Å². The maximum absolute atomic E-state index is 11.7. The molecule has 2 rings (SSSR count). The van der Waals surface area contributed by atoms with Gasteiger partial charge < -0.3 is 10.2 Å². The maximum atomic E-state index is 11.7. The van der Waals surface area contributed by atoms with Gasteiger partial charge in [0, 0.05) is 17.7 Å². The Morgan fingerprint density at radius 2 is 1.91 bits per heavy atom. The number of phenolic OH excluding ortho intramolecular Hbond substituents is 2. The van der Waals surface area contributed by atoms with Gasteiger partial charge in [-0.05, 0) is 5.56 Å². The third-order valence-electron chi connectivity index (χ3n) is 2.92. The normalized spacial score (nSPS) is 10.6. The summed E-state index contributed by atoms with van der Waals surface area (Å²) in [5, 5.41) is 33.3. The molecule has 0 unspecified atom stereocenters. The van der Waals surface area contributed by atoms with Crippen molar-refractivity contribution in [2.45, 2.75) is 6.42 Å². The standard InChI is InChI=1S/C15H13N3O5/c19-13-8-14(20)12(18(22)23)7-11(13)9-16-17-15(21)6-10-4-2-1-3-5-10/h1-5,7-9,19-20H,6H2,(H,17,21)/b16-9-. The molecule has 0 heterocycles. The Hall–Kier alpha value is -3.42. The number of nitrogens with zero attached hydrogens (tertiary/aromatic N) is 2. The number of benzene rings is 2. The number of rotatable bonds is 5. The van der Waals surface area contributed by atoms with Gasteiger partial charge in [0.1, 0.15) is 5.75 Å². The summed E-state index contributed by atoms with van der Waals surface area (Å²) in [6, 6.07) is 10.8. The molecular formula is C15H13N3O5. The second-order valence-corrected chi connectivity index (χ2v) is 4.61. The summed E-state index contributed by atoms with van der Waals surface area (Å²) in [6.45, 7) is 0. The molecule has 8 heteroatoms. The molecule has 0 radical (unpaired) electrons. The minimum atomic E-state index is -0.792. The number of amides is 1. The van der Waals surface area contributed by atoms with E-state index in [1.165, 1.54) is 0 Å². The molecule has 2 aromatic rings. The van der Waals surface area contributed by atoms with Crippen LogP contribution in [-0.2, 0) is 11.2 Å². The van der Waals surface area contributed by atoms with Crippen molar-refractivity contribution in [2.24, 2.45) is 5.10 Å². The minimum absolute atomic E-state index is 0.00508. The summed E-state index contributed by atoms with van der Waals surface area (Å²) >= 11 is 0. The molecular weight excluding hydrogens is 302 g/mol. The van der Waals surface area contributed by atoms with E-state index in [1.54, 1.807) is 24.3 Å². The third-order valence-corrected chi connectivity index (χ3v) is 2.92. The number of nitrogens with one attached hydrogen (secondary N) is 1. The Labute approximate surface area is 130 Å². The SMILES string of the molecule is O=C(Cc1ccccc1)N/N=C\c1cc([N+](=O)[O-])c(O)cc1O. The second-order valence-electron chi connectivity index (χ2n) is 4.61. The molecule has 0 saturated heterocycles. The Kier molecular flexibility index (Phi) is 4.88. The second kappa shape index (κ2) is 7.03. The molecule has 0 aromatic heterocycles. The van der Waals surface area contributed by atoms with E-state index in [2.05, 4.69) is 10.5 Å². The lowest BCUT2D eigenvalue weighted by Gasteiger charge is -2.02. The lowest BCUT2D eigenvalue weighted by Crippen LogP contribution is -2.19. The number of carbonyl (C=O) groups is 1. The van der Waals surface area contributed by atoms with Crippen LogP contribution in [0.15, 0.2) is 47.6 Å². The van der Waals surface area contributed by atoms with Crippen LogP contribution in [-0.4, -0.2) is 27.3 Å². The van der Waals surface area contributed by atoms with Crippen LogP contribution < -0.4 is 5.43 Å². The van der Waals surface area contributed by atoms with Gasteiger partial charge in [0.25, 0.3) is 0 Å². The molecule has 3 N–H and O–H groups in total. The smallest absolute Gasteiger partial charge is 0.311 e. The van der Waals surface area contributed by atoms with Gasteiger partial charge >= 0.3 is 5.69 Å². The highest BCUT2D eigenvalue weighted by Crippen LogP contribution is 2.31. The number of aromatic hydroxyl groups is 2. The lowest BCUT2D eigenvalue weighted by atomic mass is 10.1. The van der Waals surface area contributed by atoms with Crippen molar-refractivity contribution in [3.05, 3.63) is 63.7 Å². The summed E-state index contributed by atoms with van der Waals surface area (Å²) < 4.78 is 0. The Morgan fingerprint density at radius 1 is 1.22 bits per heavy atom. The first-order valence-corrected chi connectivity index (χ1v) is 6.53. The molecule has 0 spiro atoms. The highest BCUT2D eigenvalue weighted by molar-refractivity contribution is 5.87. The van der Waals surface area contributed by atoms with Gasteiger partial charge in [-0.1, -0.05) is 30.3 Å². The van der Waals surface area contributed by atoms with E-state index >= 15 is 0 Å². The van der Waals surface area contributed by atoms with E-state index in [9.17, 15) is 25.1 Å². The van der Waals surface area contributed by atoms with Gasteiger partial charge in [-0.25, -0.2) is 5.43 Å². The van der Waals surface area contributed by atoms with E-state index in [1.807, 2.05) is 6.07 Å². The van der Waals surface area contributed by atoms with Crippen LogP contribution in [0.4, 0.5) is 5.69 Å². The molecule has 1 amide bonds. The predicted octanol–water partition coefficient (Wildman–Crippen LogP) is 1.70. The van der Waals surface area contributed by atoms with Crippen molar-refractivity contribution >= 4 is 17.8 Å². The highest BCUT2D eigenvalue weighted by Gasteiger charge is 2.16. The largest absolute Gasteiger partial charge is 0.507 e. The molecule has 0 aliphatic carbocycles. The highest BCUT2D eigenvalue weighted by atomic mass is 16.6. The van der Waals surface area contributed by atoms with Crippen LogP contribution in [0.5, 0.6) is 11.5 Å². The molecule has 0 atom stereocenters. The molecule has 0 aliphatic heterocycles. The molecule has 2 aromatic carbocycles. The number of hydrogen-bond acceptors (Lipinski definition) is 6. The number of phenols is 2. The van der Waals surface area contributed by atoms with Crippen LogP contribution in [0, 0.1) is 10.1 Å². The summed E-state index contributed by atoms with van der Waals surface area (Å²) in [5.41, 5.74) is 2.49. The fourth-order valence-corrected chi connectivity index (χ4v) is 1.83. The molecule has 0 saturated carbocycles. The van der Waals surface area contributed by atoms with Gasteiger partial charge in [0.05, 0.1) is 17.6 Å². The van der Waals surface area contributed by atoms with Crippen molar-refractivity contribution < 1.29 is 19.9 Å². The van der Waals surface area contributed by atoms with E-state index in [0.29, 0.717) is 0 Å². The van der Waals surface area contributed by atoms with Crippen molar-refractivity contribution in [2.75, 3.05) is 0 Å². The molecule has 0 bridgehead atoms. The molecule has 0 fully saturated rings.